The topological polar surface area (TPSA) is 94.5 Å². The van der Waals surface area contributed by atoms with E-state index in [1.54, 1.807) is 24.3 Å². The molecular formula is C19H22O7. The highest BCUT2D eigenvalue weighted by Crippen LogP contribution is 2.38. The summed E-state index contributed by atoms with van der Waals surface area (Å²) >= 11 is 0. The summed E-state index contributed by atoms with van der Waals surface area (Å²) < 4.78 is 20.6. The molecule has 1 aromatic rings. The fourth-order valence-corrected chi connectivity index (χ4v) is 2.58. The van der Waals surface area contributed by atoms with E-state index < -0.39 is 12.0 Å². The van der Waals surface area contributed by atoms with Crippen LogP contribution in [0, 0.1) is 5.92 Å². The number of carbonyl (C=O) groups excluding carboxylic acids is 1. The molecule has 2 unspecified atom stereocenters. The van der Waals surface area contributed by atoms with Gasteiger partial charge in [0.05, 0.1) is 28.4 Å². The molecule has 0 radical (unpaired) electrons. The summed E-state index contributed by atoms with van der Waals surface area (Å²) in [6.45, 7) is 0. The molecule has 0 saturated carbocycles. The number of hydrogen-bond acceptors (Lipinski definition) is 7. The first-order valence-corrected chi connectivity index (χ1v) is 7.82. The van der Waals surface area contributed by atoms with Crippen molar-refractivity contribution in [2.75, 3.05) is 28.4 Å². The van der Waals surface area contributed by atoms with E-state index in [4.69, 9.17) is 18.9 Å². The van der Waals surface area contributed by atoms with Gasteiger partial charge in [-0.15, -0.1) is 0 Å². The second-order valence-corrected chi connectivity index (χ2v) is 5.47. The third kappa shape index (κ3) is 3.83. The first-order chi connectivity index (χ1) is 12.5. The molecule has 2 rings (SSSR count). The van der Waals surface area contributed by atoms with Gasteiger partial charge in [0.2, 0.25) is 5.75 Å². The van der Waals surface area contributed by atoms with Gasteiger partial charge in [0.15, 0.2) is 28.8 Å². The van der Waals surface area contributed by atoms with Crippen LogP contribution in [0.2, 0.25) is 0 Å². The van der Waals surface area contributed by atoms with Gasteiger partial charge in [0.1, 0.15) is 6.10 Å². The van der Waals surface area contributed by atoms with Crippen molar-refractivity contribution >= 4 is 5.78 Å². The molecule has 0 aliphatic heterocycles. The van der Waals surface area contributed by atoms with Crippen LogP contribution in [0.1, 0.15) is 10.4 Å². The van der Waals surface area contributed by atoms with Gasteiger partial charge in [-0.2, -0.15) is 0 Å². The lowest BCUT2D eigenvalue weighted by molar-refractivity contribution is 0.103. The number of benzene rings is 1. The number of hydrogen-bond donors (Lipinski definition) is 2. The maximum atomic E-state index is 12.5. The molecule has 0 bridgehead atoms. The smallest absolute Gasteiger partial charge is 0.203 e. The SMILES string of the molecule is COC1=C(O)C(O)C(C=CC(=O)c2cc(OC)c(OC)c(OC)c2)C=C1. The summed E-state index contributed by atoms with van der Waals surface area (Å²) in [7, 11) is 5.81. The molecule has 0 amide bonds. The molecule has 2 N–H and O–H groups in total. The molecule has 26 heavy (non-hydrogen) atoms. The van der Waals surface area contributed by atoms with Crippen LogP contribution in [-0.2, 0) is 4.74 Å². The second-order valence-electron chi connectivity index (χ2n) is 5.47. The number of ketones is 1. The van der Waals surface area contributed by atoms with E-state index in [2.05, 4.69) is 0 Å². The van der Waals surface area contributed by atoms with Crippen LogP contribution >= 0.6 is 0 Å². The van der Waals surface area contributed by atoms with Crippen molar-refractivity contribution in [2.24, 2.45) is 5.92 Å². The minimum Gasteiger partial charge on any atom is -0.506 e. The third-order valence-electron chi connectivity index (χ3n) is 4.01. The lowest BCUT2D eigenvalue weighted by atomic mass is 9.94. The van der Waals surface area contributed by atoms with Crippen molar-refractivity contribution in [3.8, 4) is 17.2 Å². The summed E-state index contributed by atoms with van der Waals surface area (Å²) in [4.78, 5) is 12.5. The highest BCUT2D eigenvalue weighted by molar-refractivity contribution is 6.05. The molecule has 7 nitrogen and oxygen atoms in total. The first kappa shape index (κ1) is 19.4. The van der Waals surface area contributed by atoms with Gasteiger partial charge in [-0.1, -0.05) is 12.2 Å². The fraction of sp³-hybridized carbons (Fsp3) is 0.316. The van der Waals surface area contributed by atoms with Crippen LogP contribution in [0.5, 0.6) is 17.2 Å². The Morgan fingerprint density at radius 3 is 2.15 bits per heavy atom. The standard InChI is InChI=1S/C19H22O7/c1-23-14-8-6-11(17(21)18(14)22)5-7-13(20)12-9-15(24-2)19(26-4)16(10-12)25-3/h5-11,17,21-22H,1-4H3. The van der Waals surface area contributed by atoms with E-state index in [0.717, 1.165) is 0 Å². The van der Waals surface area contributed by atoms with E-state index in [9.17, 15) is 15.0 Å². The second kappa shape index (κ2) is 8.44. The molecule has 0 fully saturated rings. The highest BCUT2D eigenvalue weighted by Gasteiger charge is 2.25. The maximum Gasteiger partial charge on any atom is 0.203 e. The quantitative estimate of drug-likeness (QED) is 0.568. The van der Waals surface area contributed by atoms with Gasteiger partial charge in [0.25, 0.3) is 0 Å². The zero-order valence-electron chi connectivity index (χ0n) is 15.1. The van der Waals surface area contributed by atoms with E-state index in [-0.39, 0.29) is 17.3 Å². The van der Waals surface area contributed by atoms with Gasteiger partial charge in [-0.3, -0.25) is 4.79 Å². The number of rotatable bonds is 7. The average Bonchev–Trinajstić information content (AvgIpc) is 2.67. The van der Waals surface area contributed by atoms with E-state index in [1.165, 1.54) is 40.6 Å². The molecule has 0 heterocycles. The molecule has 7 heteroatoms. The van der Waals surface area contributed by atoms with Gasteiger partial charge in [-0.05, 0) is 24.3 Å². The normalized spacial score (nSPS) is 19.6. The van der Waals surface area contributed by atoms with Crippen molar-refractivity contribution < 1.29 is 34.0 Å². The Balaban J connectivity index is 2.24. The summed E-state index contributed by atoms with van der Waals surface area (Å²) in [6.07, 6.45) is 4.83. The van der Waals surface area contributed by atoms with Crippen molar-refractivity contribution in [3.05, 3.63) is 53.5 Å². The number of aliphatic hydroxyl groups is 2. The first-order valence-electron chi connectivity index (χ1n) is 7.82. The lowest BCUT2D eigenvalue weighted by Gasteiger charge is -2.21. The molecule has 1 aromatic carbocycles. The van der Waals surface area contributed by atoms with Crippen LogP contribution in [0.3, 0.4) is 0 Å². The Hall–Kier alpha value is -2.93. The number of aliphatic hydroxyl groups excluding tert-OH is 2. The Bertz CT molecular complexity index is 736. The molecule has 0 saturated heterocycles. The summed E-state index contributed by atoms with van der Waals surface area (Å²) in [5.41, 5.74) is 0.336. The predicted molar refractivity (Wildman–Crippen MR) is 94.9 cm³/mol. The Labute approximate surface area is 151 Å². The summed E-state index contributed by atoms with van der Waals surface area (Å²) in [6, 6.07) is 3.09. The van der Waals surface area contributed by atoms with Crippen LogP contribution in [0.4, 0.5) is 0 Å². The van der Waals surface area contributed by atoms with E-state index in [0.29, 0.717) is 22.8 Å². The van der Waals surface area contributed by atoms with Crippen LogP contribution in [-0.4, -0.2) is 50.5 Å². The van der Waals surface area contributed by atoms with Crippen molar-refractivity contribution in [1.29, 1.82) is 0 Å². The van der Waals surface area contributed by atoms with E-state index in [1.807, 2.05) is 0 Å². The van der Waals surface area contributed by atoms with Gasteiger partial charge >= 0.3 is 0 Å². The van der Waals surface area contributed by atoms with Crippen LogP contribution < -0.4 is 14.2 Å². The van der Waals surface area contributed by atoms with Crippen molar-refractivity contribution in [3.63, 3.8) is 0 Å². The molecule has 0 spiro atoms. The summed E-state index contributed by atoms with van der Waals surface area (Å²) in [5.74, 6) is 0.176. The fourth-order valence-electron chi connectivity index (χ4n) is 2.58. The highest BCUT2D eigenvalue weighted by atomic mass is 16.5. The molecule has 0 aromatic heterocycles. The van der Waals surface area contributed by atoms with Gasteiger partial charge in [-0.25, -0.2) is 0 Å². The number of methoxy groups -OCH3 is 4. The third-order valence-corrected chi connectivity index (χ3v) is 4.01. The molecule has 2 atom stereocenters. The largest absolute Gasteiger partial charge is 0.506 e. The van der Waals surface area contributed by atoms with E-state index >= 15 is 0 Å². The molecule has 1 aliphatic carbocycles. The van der Waals surface area contributed by atoms with Crippen LogP contribution in [0.15, 0.2) is 48.0 Å². The van der Waals surface area contributed by atoms with Crippen LogP contribution in [0.25, 0.3) is 0 Å². The predicted octanol–water partition coefficient (Wildman–Crippen LogP) is 2.41. The summed E-state index contributed by atoms with van der Waals surface area (Å²) in [5, 5.41) is 20.0. The number of carbonyl (C=O) groups is 1. The lowest BCUT2D eigenvalue weighted by Crippen LogP contribution is -2.24. The van der Waals surface area contributed by atoms with Crippen molar-refractivity contribution in [2.45, 2.75) is 6.10 Å². The van der Waals surface area contributed by atoms with Gasteiger partial charge < -0.3 is 29.2 Å². The number of ether oxygens (including phenoxy) is 4. The minimum atomic E-state index is -1.18. The number of allylic oxidation sites excluding steroid dienone is 2. The monoisotopic (exact) mass is 362 g/mol. The Morgan fingerprint density at radius 1 is 1.04 bits per heavy atom. The van der Waals surface area contributed by atoms with Gasteiger partial charge in [0, 0.05) is 11.5 Å². The Kier molecular flexibility index (Phi) is 6.30. The molecule has 140 valence electrons. The molecule has 1 aliphatic rings. The zero-order valence-corrected chi connectivity index (χ0v) is 15.1. The maximum absolute atomic E-state index is 12.5. The zero-order chi connectivity index (χ0) is 19.3. The minimum absolute atomic E-state index is 0.193. The average molecular weight is 362 g/mol. The Morgan fingerprint density at radius 2 is 1.65 bits per heavy atom. The van der Waals surface area contributed by atoms with Crippen molar-refractivity contribution in [1.82, 2.24) is 0 Å². The molecular weight excluding hydrogens is 340 g/mol.